The summed E-state index contributed by atoms with van der Waals surface area (Å²) in [7, 11) is -0.470. The quantitative estimate of drug-likeness (QED) is 0.332. The number of Topliss-reactive ketones (excluding diaryl/α,β-unsaturated/α-hetero) is 1. The summed E-state index contributed by atoms with van der Waals surface area (Å²) in [5.74, 6) is -0.854. The largest absolute Gasteiger partial charge is 0.494 e. The predicted octanol–water partition coefficient (Wildman–Crippen LogP) is 4.37. The van der Waals surface area contributed by atoms with Crippen molar-refractivity contribution >= 4 is 24.3 Å². The van der Waals surface area contributed by atoms with E-state index in [1.165, 1.54) is 0 Å². The lowest BCUT2D eigenvalue weighted by atomic mass is 9.78. The fourth-order valence-electron chi connectivity index (χ4n) is 3.70. The number of esters is 1. The molecule has 1 heterocycles. The van der Waals surface area contributed by atoms with E-state index in [1.54, 1.807) is 19.1 Å². The Bertz CT molecular complexity index is 905. The van der Waals surface area contributed by atoms with Crippen LogP contribution in [0.15, 0.2) is 54.6 Å². The second-order valence-corrected chi connectivity index (χ2v) is 9.31. The first-order chi connectivity index (χ1) is 15.1. The monoisotopic (exact) mass is 436 g/mol. The smallest absolute Gasteiger partial charge is 0.466 e. The van der Waals surface area contributed by atoms with Crippen molar-refractivity contribution in [2.24, 2.45) is 5.92 Å². The van der Waals surface area contributed by atoms with Crippen molar-refractivity contribution in [3.63, 3.8) is 0 Å². The molecular weight excluding hydrogens is 403 g/mol. The van der Waals surface area contributed by atoms with Crippen molar-refractivity contribution in [1.29, 1.82) is 0 Å². The van der Waals surface area contributed by atoms with E-state index in [1.807, 2.05) is 70.2 Å². The lowest BCUT2D eigenvalue weighted by Crippen LogP contribution is -2.41. The first kappa shape index (κ1) is 24.2. The standard InChI is InChI=1S/C26H33BO5/c1-6-30-24(29)21(13-12-19-10-8-7-9-11-19)18-23(28)20-14-16-22(17-15-20)27-31-25(2,3)26(4,5)32-27/h7-11,14-17,21H,6,12-13,18H2,1-5H3. The summed E-state index contributed by atoms with van der Waals surface area (Å²) in [5.41, 5.74) is 1.74. The lowest BCUT2D eigenvalue weighted by Gasteiger charge is -2.32. The Hall–Kier alpha value is -2.44. The minimum Gasteiger partial charge on any atom is -0.466 e. The van der Waals surface area contributed by atoms with Crippen LogP contribution in [0.2, 0.25) is 0 Å². The van der Waals surface area contributed by atoms with Crippen LogP contribution in [0.5, 0.6) is 0 Å². The average Bonchev–Trinajstić information content (AvgIpc) is 2.99. The Morgan fingerprint density at radius 2 is 1.53 bits per heavy atom. The Balaban J connectivity index is 1.66. The van der Waals surface area contributed by atoms with Gasteiger partial charge in [-0.1, -0.05) is 54.6 Å². The van der Waals surface area contributed by atoms with Gasteiger partial charge in [0.15, 0.2) is 5.78 Å². The van der Waals surface area contributed by atoms with Gasteiger partial charge in [-0.05, 0) is 58.5 Å². The van der Waals surface area contributed by atoms with E-state index >= 15 is 0 Å². The maximum Gasteiger partial charge on any atom is 0.494 e. The molecule has 1 aliphatic rings. The summed E-state index contributed by atoms with van der Waals surface area (Å²) < 4.78 is 17.4. The molecule has 0 spiro atoms. The van der Waals surface area contributed by atoms with Gasteiger partial charge in [0, 0.05) is 12.0 Å². The second-order valence-electron chi connectivity index (χ2n) is 9.31. The Morgan fingerprint density at radius 1 is 0.938 bits per heavy atom. The van der Waals surface area contributed by atoms with E-state index in [0.29, 0.717) is 18.6 Å². The molecular formula is C26H33BO5. The van der Waals surface area contributed by atoms with Gasteiger partial charge in [-0.2, -0.15) is 0 Å². The number of carbonyl (C=O) groups excluding carboxylic acids is 2. The van der Waals surface area contributed by atoms with Crippen LogP contribution >= 0.6 is 0 Å². The van der Waals surface area contributed by atoms with Crippen LogP contribution in [-0.4, -0.2) is 36.7 Å². The van der Waals surface area contributed by atoms with E-state index in [0.717, 1.165) is 17.4 Å². The molecule has 1 aliphatic heterocycles. The third-order valence-corrected chi connectivity index (χ3v) is 6.43. The van der Waals surface area contributed by atoms with Crippen LogP contribution in [0, 0.1) is 5.92 Å². The molecule has 0 saturated carbocycles. The van der Waals surface area contributed by atoms with Crippen LogP contribution in [0.4, 0.5) is 0 Å². The van der Waals surface area contributed by atoms with Gasteiger partial charge in [0.2, 0.25) is 0 Å². The fraction of sp³-hybridized carbons (Fsp3) is 0.462. The van der Waals surface area contributed by atoms with E-state index in [4.69, 9.17) is 14.0 Å². The summed E-state index contributed by atoms with van der Waals surface area (Å²) in [6.07, 6.45) is 1.42. The van der Waals surface area contributed by atoms with Gasteiger partial charge < -0.3 is 14.0 Å². The summed E-state index contributed by atoms with van der Waals surface area (Å²) >= 11 is 0. The lowest BCUT2D eigenvalue weighted by molar-refractivity contribution is -0.148. The third kappa shape index (κ3) is 5.67. The van der Waals surface area contributed by atoms with Crippen LogP contribution in [0.25, 0.3) is 0 Å². The summed E-state index contributed by atoms with van der Waals surface area (Å²) in [4.78, 5) is 25.4. The molecule has 2 aromatic rings. The van der Waals surface area contributed by atoms with E-state index in [9.17, 15) is 9.59 Å². The molecule has 5 nitrogen and oxygen atoms in total. The highest BCUT2D eigenvalue weighted by Crippen LogP contribution is 2.36. The van der Waals surface area contributed by atoms with Crippen molar-refractivity contribution in [2.45, 2.75) is 65.1 Å². The van der Waals surface area contributed by atoms with Gasteiger partial charge in [0.1, 0.15) is 0 Å². The number of ketones is 1. The summed E-state index contributed by atoms with van der Waals surface area (Å²) in [6.45, 7) is 10.1. The maximum atomic E-state index is 12.9. The maximum absolute atomic E-state index is 12.9. The molecule has 1 fully saturated rings. The van der Waals surface area contributed by atoms with E-state index in [-0.39, 0.29) is 18.2 Å². The molecule has 0 aromatic heterocycles. The molecule has 0 aliphatic carbocycles. The first-order valence-electron chi connectivity index (χ1n) is 11.3. The fourth-order valence-corrected chi connectivity index (χ4v) is 3.70. The summed E-state index contributed by atoms with van der Waals surface area (Å²) in [5, 5.41) is 0. The van der Waals surface area contributed by atoms with Gasteiger partial charge >= 0.3 is 13.1 Å². The average molecular weight is 436 g/mol. The van der Waals surface area contributed by atoms with Crippen molar-refractivity contribution in [3.05, 3.63) is 65.7 Å². The molecule has 0 amide bonds. The number of aryl methyl sites for hydroxylation is 1. The molecule has 6 heteroatoms. The molecule has 32 heavy (non-hydrogen) atoms. The summed E-state index contributed by atoms with van der Waals surface area (Å²) in [6, 6.07) is 17.2. The normalized spacial score (nSPS) is 17.7. The third-order valence-electron chi connectivity index (χ3n) is 6.43. The Kier molecular flexibility index (Phi) is 7.57. The number of hydrogen-bond acceptors (Lipinski definition) is 5. The van der Waals surface area contributed by atoms with Crippen LogP contribution in [-0.2, 0) is 25.3 Å². The number of benzene rings is 2. The molecule has 1 atom stereocenters. The number of carbonyl (C=O) groups is 2. The van der Waals surface area contributed by atoms with Crippen LogP contribution < -0.4 is 5.46 Å². The number of rotatable bonds is 9. The topological polar surface area (TPSA) is 61.8 Å². The Labute approximate surface area is 191 Å². The minimum absolute atomic E-state index is 0.0726. The van der Waals surface area contributed by atoms with E-state index < -0.39 is 24.2 Å². The van der Waals surface area contributed by atoms with E-state index in [2.05, 4.69) is 0 Å². The van der Waals surface area contributed by atoms with Crippen molar-refractivity contribution < 1.29 is 23.6 Å². The highest BCUT2D eigenvalue weighted by molar-refractivity contribution is 6.62. The van der Waals surface area contributed by atoms with Gasteiger partial charge in [-0.3, -0.25) is 9.59 Å². The van der Waals surface area contributed by atoms with Gasteiger partial charge in [-0.25, -0.2) is 0 Å². The highest BCUT2D eigenvalue weighted by Gasteiger charge is 2.51. The van der Waals surface area contributed by atoms with Crippen LogP contribution in [0.1, 0.15) is 63.4 Å². The molecule has 2 aromatic carbocycles. The molecule has 1 saturated heterocycles. The SMILES string of the molecule is CCOC(=O)C(CCc1ccccc1)CC(=O)c1ccc(B2OC(C)(C)C(C)(C)O2)cc1. The number of ether oxygens (including phenoxy) is 1. The van der Waals surface area contributed by atoms with Crippen molar-refractivity contribution in [3.8, 4) is 0 Å². The van der Waals surface area contributed by atoms with Gasteiger partial charge in [-0.15, -0.1) is 0 Å². The van der Waals surface area contributed by atoms with Gasteiger partial charge in [0.25, 0.3) is 0 Å². The van der Waals surface area contributed by atoms with Crippen LogP contribution in [0.3, 0.4) is 0 Å². The first-order valence-corrected chi connectivity index (χ1v) is 11.3. The molecule has 1 unspecified atom stereocenters. The zero-order chi connectivity index (χ0) is 23.4. The predicted molar refractivity (Wildman–Crippen MR) is 126 cm³/mol. The van der Waals surface area contributed by atoms with Crippen molar-refractivity contribution in [1.82, 2.24) is 0 Å². The second kappa shape index (κ2) is 10.0. The zero-order valence-electron chi connectivity index (χ0n) is 19.7. The molecule has 170 valence electrons. The highest BCUT2D eigenvalue weighted by atomic mass is 16.7. The molecule has 0 radical (unpaired) electrons. The van der Waals surface area contributed by atoms with Crippen molar-refractivity contribution in [2.75, 3.05) is 6.61 Å². The molecule has 0 bridgehead atoms. The van der Waals surface area contributed by atoms with Gasteiger partial charge in [0.05, 0.1) is 23.7 Å². The molecule has 0 N–H and O–H groups in total. The zero-order valence-corrected chi connectivity index (χ0v) is 19.7. The minimum atomic E-state index is -0.470. The molecule has 3 rings (SSSR count). The number of hydrogen-bond donors (Lipinski definition) is 0. The Morgan fingerprint density at radius 3 is 2.09 bits per heavy atom.